The lowest BCUT2D eigenvalue weighted by Crippen LogP contribution is -2.33. The van der Waals surface area contributed by atoms with Gasteiger partial charge in [0.2, 0.25) is 5.91 Å². The molecule has 1 aromatic carbocycles. The molecule has 1 fully saturated rings. The minimum absolute atomic E-state index is 0.0415. The van der Waals surface area contributed by atoms with Gasteiger partial charge in [0.25, 0.3) is 0 Å². The second-order valence-electron chi connectivity index (χ2n) is 5.41. The Hall–Kier alpha value is -1.46. The van der Waals surface area contributed by atoms with E-state index < -0.39 is 0 Å². The van der Waals surface area contributed by atoms with Crippen molar-refractivity contribution in [2.24, 2.45) is 11.7 Å². The zero-order chi connectivity index (χ0) is 15.2. The van der Waals surface area contributed by atoms with Crippen molar-refractivity contribution in [3.8, 4) is 0 Å². The number of nitrogens with two attached hydrogens (primary N) is 1. The van der Waals surface area contributed by atoms with E-state index in [2.05, 4.69) is 12.2 Å². The standard InChI is InChI=1S/C16H22N2O2S/c1-2-14-13(7-8-20-14)10-18-15(19)9-11-3-5-12(6-4-11)16(17)21/h3-6,13-14H,2,7-10H2,1H3,(H2,17,21)(H,18,19). The highest BCUT2D eigenvalue weighted by Gasteiger charge is 2.26. The molecule has 1 saturated heterocycles. The van der Waals surface area contributed by atoms with E-state index in [9.17, 15) is 4.79 Å². The molecule has 4 nitrogen and oxygen atoms in total. The molecule has 21 heavy (non-hydrogen) atoms. The number of carbonyl (C=O) groups is 1. The summed E-state index contributed by atoms with van der Waals surface area (Å²) in [6.07, 6.45) is 2.69. The molecule has 2 rings (SSSR count). The van der Waals surface area contributed by atoms with Crippen molar-refractivity contribution in [3.05, 3.63) is 35.4 Å². The van der Waals surface area contributed by atoms with Crippen molar-refractivity contribution >= 4 is 23.1 Å². The molecule has 2 unspecified atom stereocenters. The van der Waals surface area contributed by atoms with Crippen LogP contribution in [0.3, 0.4) is 0 Å². The van der Waals surface area contributed by atoms with Crippen LogP contribution in [0.1, 0.15) is 30.9 Å². The fraction of sp³-hybridized carbons (Fsp3) is 0.500. The number of hydrogen-bond acceptors (Lipinski definition) is 3. The second kappa shape index (κ2) is 7.52. The number of amides is 1. The first-order valence-electron chi connectivity index (χ1n) is 7.37. The van der Waals surface area contributed by atoms with Gasteiger partial charge in [-0.15, -0.1) is 0 Å². The van der Waals surface area contributed by atoms with Crippen molar-refractivity contribution in [1.29, 1.82) is 0 Å². The van der Waals surface area contributed by atoms with E-state index in [-0.39, 0.29) is 12.0 Å². The maximum atomic E-state index is 12.0. The fourth-order valence-corrected chi connectivity index (χ4v) is 2.79. The fourth-order valence-electron chi connectivity index (χ4n) is 2.66. The zero-order valence-corrected chi connectivity index (χ0v) is 13.1. The number of benzene rings is 1. The maximum Gasteiger partial charge on any atom is 0.224 e. The molecule has 1 aliphatic heterocycles. The molecule has 0 spiro atoms. The third-order valence-corrected chi connectivity index (χ3v) is 4.15. The molecule has 0 aromatic heterocycles. The van der Waals surface area contributed by atoms with Gasteiger partial charge in [-0.3, -0.25) is 4.79 Å². The summed E-state index contributed by atoms with van der Waals surface area (Å²) in [4.78, 5) is 12.4. The van der Waals surface area contributed by atoms with Gasteiger partial charge < -0.3 is 15.8 Å². The van der Waals surface area contributed by atoms with Crippen LogP contribution in [-0.2, 0) is 16.0 Å². The van der Waals surface area contributed by atoms with Gasteiger partial charge in [0, 0.05) is 24.6 Å². The molecular weight excluding hydrogens is 284 g/mol. The van der Waals surface area contributed by atoms with Gasteiger partial charge >= 0.3 is 0 Å². The van der Waals surface area contributed by atoms with E-state index in [4.69, 9.17) is 22.7 Å². The summed E-state index contributed by atoms with van der Waals surface area (Å²) in [6.45, 7) is 3.62. The molecule has 0 radical (unpaired) electrons. The van der Waals surface area contributed by atoms with Crippen LogP contribution in [0, 0.1) is 5.92 Å². The van der Waals surface area contributed by atoms with Gasteiger partial charge in [-0.05, 0) is 18.4 Å². The molecule has 0 saturated carbocycles. The van der Waals surface area contributed by atoms with E-state index in [1.54, 1.807) is 0 Å². The molecule has 0 bridgehead atoms. The number of nitrogens with one attached hydrogen (secondary N) is 1. The van der Waals surface area contributed by atoms with Crippen molar-refractivity contribution in [1.82, 2.24) is 5.32 Å². The lowest BCUT2D eigenvalue weighted by Gasteiger charge is -2.17. The predicted octanol–water partition coefficient (Wildman–Crippen LogP) is 1.79. The third kappa shape index (κ3) is 4.51. The van der Waals surface area contributed by atoms with Crippen LogP contribution in [0.25, 0.3) is 0 Å². The molecule has 114 valence electrons. The third-order valence-electron chi connectivity index (χ3n) is 3.91. The van der Waals surface area contributed by atoms with E-state index in [0.717, 1.165) is 30.6 Å². The first kappa shape index (κ1) is 15.9. The summed E-state index contributed by atoms with van der Waals surface area (Å²) in [6, 6.07) is 7.48. The first-order valence-corrected chi connectivity index (χ1v) is 7.78. The zero-order valence-electron chi connectivity index (χ0n) is 12.3. The number of thiocarbonyl (C=S) groups is 1. The van der Waals surface area contributed by atoms with Crippen LogP contribution >= 0.6 is 12.2 Å². The molecule has 2 atom stereocenters. The van der Waals surface area contributed by atoms with Crippen LogP contribution in [0.15, 0.2) is 24.3 Å². The molecular formula is C16H22N2O2S. The largest absolute Gasteiger partial charge is 0.389 e. The lowest BCUT2D eigenvalue weighted by molar-refractivity contribution is -0.120. The smallest absolute Gasteiger partial charge is 0.224 e. The van der Waals surface area contributed by atoms with Crippen molar-refractivity contribution in [2.75, 3.05) is 13.2 Å². The van der Waals surface area contributed by atoms with Gasteiger partial charge in [-0.25, -0.2) is 0 Å². The Balaban J connectivity index is 1.80. The molecule has 1 amide bonds. The minimum Gasteiger partial charge on any atom is -0.389 e. The van der Waals surface area contributed by atoms with Gasteiger partial charge in [-0.2, -0.15) is 0 Å². The molecule has 1 heterocycles. The Morgan fingerprint density at radius 3 is 2.76 bits per heavy atom. The highest BCUT2D eigenvalue weighted by molar-refractivity contribution is 7.80. The average molecular weight is 306 g/mol. The SMILES string of the molecule is CCC1OCCC1CNC(=O)Cc1ccc(C(N)=S)cc1. The van der Waals surface area contributed by atoms with Crippen LogP contribution in [0.5, 0.6) is 0 Å². The Bertz CT molecular complexity index is 502. The number of hydrogen-bond donors (Lipinski definition) is 2. The van der Waals surface area contributed by atoms with Gasteiger partial charge in [0.05, 0.1) is 12.5 Å². The maximum absolute atomic E-state index is 12.0. The number of carbonyl (C=O) groups excluding carboxylic acids is 1. The van der Waals surface area contributed by atoms with Crippen LogP contribution in [0.4, 0.5) is 0 Å². The van der Waals surface area contributed by atoms with Crippen molar-refractivity contribution in [3.63, 3.8) is 0 Å². The van der Waals surface area contributed by atoms with Gasteiger partial charge in [0.15, 0.2) is 0 Å². The first-order chi connectivity index (χ1) is 10.1. The lowest BCUT2D eigenvalue weighted by atomic mass is 9.99. The Labute approximate surface area is 131 Å². The molecule has 1 aromatic rings. The summed E-state index contributed by atoms with van der Waals surface area (Å²) in [5, 5.41) is 3.01. The van der Waals surface area contributed by atoms with Crippen LogP contribution in [-0.4, -0.2) is 30.2 Å². The summed E-state index contributed by atoms with van der Waals surface area (Å²) in [5.74, 6) is 0.482. The molecule has 5 heteroatoms. The van der Waals surface area contributed by atoms with Crippen LogP contribution < -0.4 is 11.1 Å². The highest BCUT2D eigenvalue weighted by Crippen LogP contribution is 2.22. The molecule has 3 N–H and O–H groups in total. The summed E-state index contributed by atoms with van der Waals surface area (Å²) >= 11 is 4.91. The summed E-state index contributed by atoms with van der Waals surface area (Å²) in [7, 11) is 0. The minimum atomic E-state index is 0.0415. The van der Waals surface area contributed by atoms with E-state index in [0.29, 0.717) is 23.9 Å². The summed E-state index contributed by atoms with van der Waals surface area (Å²) in [5.41, 5.74) is 7.33. The Kier molecular flexibility index (Phi) is 5.70. The topological polar surface area (TPSA) is 64.3 Å². The monoisotopic (exact) mass is 306 g/mol. The Morgan fingerprint density at radius 2 is 2.14 bits per heavy atom. The normalized spacial score (nSPS) is 21.2. The Morgan fingerprint density at radius 1 is 1.43 bits per heavy atom. The second-order valence-corrected chi connectivity index (χ2v) is 5.85. The number of rotatable bonds is 6. The summed E-state index contributed by atoms with van der Waals surface area (Å²) < 4.78 is 5.63. The molecule has 0 aliphatic carbocycles. The predicted molar refractivity (Wildman–Crippen MR) is 87.2 cm³/mol. The number of ether oxygens (including phenoxy) is 1. The van der Waals surface area contributed by atoms with Gasteiger partial charge in [0.1, 0.15) is 4.99 Å². The van der Waals surface area contributed by atoms with E-state index in [1.807, 2.05) is 24.3 Å². The quantitative estimate of drug-likeness (QED) is 0.787. The highest BCUT2D eigenvalue weighted by atomic mass is 32.1. The van der Waals surface area contributed by atoms with Gasteiger partial charge in [-0.1, -0.05) is 43.4 Å². The van der Waals surface area contributed by atoms with Crippen molar-refractivity contribution < 1.29 is 9.53 Å². The van der Waals surface area contributed by atoms with Crippen molar-refractivity contribution in [2.45, 2.75) is 32.3 Å². The average Bonchev–Trinajstić information content (AvgIpc) is 2.93. The van der Waals surface area contributed by atoms with E-state index in [1.165, 1.54) is 0 Å². The van der Waals surface area contributed by atoms with E-state index >= 15 is 0 Å². The molecule has 1 aliphatic rings. The van der Waals surface area contributed by atoms with Crippen LogP contribution in [0.2, 0.25) is 0 Å².